The zero-order valence-corrected chi connectivity index (χ0v) is 16.9. The van der Waals surface area contributed by atoms with Gasteiger partial charge in [0.1, 0.15) is 5.75 Å². The summed E-state index contributed by atoms with van der Waals surface area (Å²) in [6.45, 7) is 5.79. The van der Waals surface area contributed by atoms with Gasteiger partial charge in [-0.2, -0.15) is 0 Å². The second-order valence-electron chi connectivity index (χ2n) is 7.15. The molecular formula is C22H31ClN2O. The first-order valence-electron chi connectivity index (χ1n) is 9.33. The van der Waals surface area contributed by atoms with Gasteiger partial charge in [-0.1, -0.05) is 42.5 Å². The monoisotopic (exact) mass is 374 g/mol. The molecule has 2 aromatic rings. The van der Waals surface area contributed by atoms with Gasteiger partial charge >= 0.3 is 0 Å². The normalized spacial score (nSPS) is 18.2. The molecule has 0 saturated carbocycles. The summed E-state index contributed by atoms with van der Waals surface area (Å²) in [6.07, 6.45) is 2.65. The van der Waals surface area contributed by atoms with Crippen molar-refractivity contribution in [2.75, 3.05) is 33.8 Å². The molecule has 1 aliphatic heterocycles. The molecule has 2 unspecified atom stereocenters. The molecular weight excluding hydrogens is 344 g/mol. The third kappa shape index (κ3) is 5.00. The lowest BCUT2D eigenvalue weighted by atomic mass is 9.97. The Bertz CT molecular complexity index is 668. The lowest BCUT2D eigenvalue weighted by Crippen LogP contribution is -2.37. The predicted molar refractivity (Wildman–Crippen MR) is 112 cm³/mol. The van der Waals surface area contributed by atoms with E-state index < -0.39 is 0 Å². The smallest absolute Gasteiger partial charge is 0.126 e. The molecule has 1 aliphatic rings. The van der Waals surface area contributed by atoms with Crippen LogP contribution in [0.2, 0.25) is 0 Å². The van der Waals surface area contributed by atoms with Crippen molar-refractivity contribution in [3.05, 3.63) is 54.1 Å². The first-order valence-corrected chi connectivity index (χ1v) is 9.33. The number of ether oxygens (including phenoxy) is 1. The Kier molecular flexibility index (Phi) is 7.95. The average molecular weight is 375 g/mol. The van der Waals surface area contributed by atoms with Crippen LogP contribution in [-0.2, 0) is 0 Å². The standard InChI is InChI=1S/C22H30N2O.ClH/c1-17(24(2)16-18-7-6-14-23-15-18)19-10-12-20(13-11-19)21-8-4-5-9-22(21)25-3;/h4-5,8-13,17-18,23H,6-7,14-16H2,1-3H3;1H. The van der Waals surface area contributed by atoms with Crippen LogP contribution in [0.3, 0.4) is 0 Å². The lowest BCUT2D eigenvalue weighted by Gasteiger charge is -2.31. The fourth-order valence-electron chi connectivity index (χ4n) is 3.72. The second kappa shape index (κ2) is 9.96. The summed E-state index contributed by atoms with van der Waals surface area (Å²) < 4.78 is 5.49. The highest BCUT2D eigenvalue weighted by molar-refractivity contribution is 5.85. The number of halogens is 1. The SMILES string of the molecule is COc1ccccc1-c1ccc(C(C)N(C)CC2CCCNC2)cc1.Cl. The van der Waals surface area contributed by atoms with Crippen LogP contribution in [0, 0.1) is 5.92 Å². The van der Waals surface area contributed by atoms with Crippen LogP contribution in [0.25, 0.3) is 11.1 Å². The molecule has 0 aromatic heterocycles. The van der Waals surface area contributed by atoms with Crippen LogP contribution < -0.4 is 10.1 Å². The fraction of sp³-hybridized carbons (Fsp3) is 0.455. The number of hydrogen-bond acceptors (Lipinski definition) is 3. The van der Waals surface area contributed by atoms with Gasteiger partial charge in [-0.25, -0.2) is 0 Å². The van der Waals surface area contributed by atoms with Crippen molar-refractivity contribution in [2.24, 2.45) is 5.92 Å². The van der Waals surface area contributed by atoms with E-state index in [4.69, 9.17) is 4.74 Å². The predicted octanol–water partition coefficient (Wildman–Crippen LogP) is 4.78. The zero-order valence-electron chi connectivity index (χ0n) is 16.1. The van der Waals surface area contributed by atoms with E-state index >= 15 is 0 Å². The Morgan fingerprint density at radius 1 is 1.15 bits per heavy atom. The third-order valence-electron chi connectivity index (χ3n) is 5.42. The molecule has 142 valence electrons. The minimum absolute atomic E-state index is 0. The van der Waals surface area contributed by atoms with Crippen molar-refractivity contribution < 1.29 is 4.74 Å². The fourth-order valence-corrected chi connectivity index (χ4v) is 3.72. The molecule has 0 bridgehead atoms. The summed E-state index contributed by atoms with van der Waals surface area (Å²) in [7, 11) is 3.97. The van der Waals surface area contributed by atoms with Gasteiger partial charge in [0, 0.05) is 18.2 Å². The Morgan fingerprint density at radius 2 is 1.88 bits per heavy atom. The van der Waals surface area contributed by atoms with Gasteiger partial charge in [-0.15, -0.1) is 12.4 Å². The van der Waals surface area contributed by atoms with Crippen molar-refractivity contribution in [2.45, 2.75) is 25.8 Å². The van der Waals surface area contributed by atoms with E-state index in [0.29, 0.717) is 6.04 Å². The van der Waals surface area contributed by atoms with E-state index in [1.807, 2.05) is 12.1 Å². The first kappa shape index (κ1) is 20.8. The number of rotatable bonds is 6. The summed E-state index contributed by atoms with van der Waals surface area (Å²) in [5.74, 6) is 1.69. The molecule has 0 amide bonds. The van der Waals surface area contributed by atoms with E-state index in [9.17, 15) is 0 Å². The molecule has 3 nitrogen and oxygen atoms in total. The molecule has 3 rings (SSSR count). The van der Waals surface area contributed by atoms with E-state index in [1.165, 1.54) is 30.5 Å². The number of methoxy groups -OCH3 is 1. The van der Waals surface area contributed by atoms with E-state index in [-0.39, 0.29) is 12.4 Å². The summed E-state index contributed by atoms with van der Waals surface area (Å²) >= 11 is 0. The summed E-state index contributed by atoms with van der Waals surface area (Å²) in [5, 5.41) is 3.52. The Hall–Kier alpha value is -1.55. The van der Waals surface area contributed by atoms with E-state index in [2.05, 4.69) is 60.6 Å². The maximum absolute atomic E-state index is 5.49. The number of nitrogens with one attached hydrogen (secondary N) is 1. The van der Waals surface area contributed by atoms with Crippen LogP contribution in [0.1, 0.15) is 31.4 Å². The summed E-state index contributed by atoms with van der Waals surface area (Å²) in [4.78, 5) is 2.48. The van der Waals surface area contributed by atoms with Gasteiger partial charge in [0.25, 0.3) is 0 Å². The average Bonchev–Trinajstić information content (AvgIpc) is 2.68. The van der Waals surface area contributed by atoms with Gasteiger partial charge < -0.3 is 10.1 Å². The van der Waals surface area contributed by atoms with E-state index in [0.717, 1.165) is 30.3 Å². The molecule has 26 heavy (non-hydrogen) atoms. The van der Waals surface area contributed by atoms with Gasteiger partial charge in [-0.05, 0) is 63.0 Å². The summed E-state index contributed by atoms with van der Waals surface area (Å²) in [6, 6.07) is 17.5. The topological polar surface area (TPSA) is 24.5 Å². The van der Waals surface area contributed by atoms with Crippen molar-refractivity contribution in [1.29, 1.82) is 0 Å². The molecule has 0 radical (unpaired) electrons. The minimum Gasteiger partial charge on any atom is -0.496 e. The molecule has 0 spiro atoms. The highest BCUT2D eigenvalue weighted by Gasteiger charge is 2.19. The van der Waals surface area contributed by atoms with Gasteiger partial charge in [0.15, 0.2) is 0 Å². The number of hydrogen-bond donors (Lipinski definition) is 1. The van der Waals surface area contributed by atoms with Crippen molar-refractivity contribution in [3.8, 4) is 16.9 Å². The maximum atomic E-state index is 5.49. The Morgan fingerprint density at radius 3 is 2.54 bits per heavy atom. The molecule has 2 atom stereocenters. The van der Waals surface area contributed by atoms with E-state index in [1.54, 1.807) is 7.11 Å². The lowest BCUT2D eigenvalue weighted by molar-refractivity contribution is 0.199. The van der Waals surface area contributed by atoms with Gasteiger partial charge in [-0.3, -0.25) is 4.90 Å². The Balaban J connectivity index is 0.00000243. The molecule has 1 heterocycles. The zero-order chi connectivity index (χ0) is 17.6. The highest BCUT2D eigenvalue weighted by Crippen LogP contribution is 2.31. The largest absolute Gasteiger partial charge is 0.496 e. The minimum atomic E-state index is 0. The van der Waals surface area contributed by atoms with Crippen molar-refractivity contribution in [1.82, 2.24) is 10.2 Å². The Labute approximate surface area is 164 Å². The second-order valence-corrected chi connectivity index (χ2v) is 7.15. The van der Waals surface area contributed by atoms with Gasteiger partial charge in [0.2, 0.25) is 0 Å². The van der Waals surface area contributed by atoms with Crippen molar-refractivity contribution >= 4 is 12.4 Å². The molecule has 1 fully saturated rings. The quantitative estimate of drug-likeness (QED) is 0.787. The first-order chi connectivity index (χ1) is 12.2. The maximum Gasteiger partial charge on any atom is 0.126 e. The molecule has 2 aromatic carbocycles. The van der Waals surface area contributed by atoms with Crippen LogP contribution in [0.15, 0.2) is 48.5 Å². The molecule has 1 saturated heterocycles. The van der Waals surface area contributed by atoms with Gasteiger partial charge in [0.05, 0.1) is 7.11 Å². The number of piperidine rings is 1. The molecule has 4 heteroatoms. The highest BCUT2D eigenvalue weighted by atomic mass is 35.5. The van der Waals surface area contributed by atoms with Crippen LogP contribution >= 0.6 is 12.4 Å². The third-order valence-corrected chi connectivity index (χ3v) is 5.42. The van der Waals surface area contributed by atoms with Crippen molar-refractivity contribution in [3.63, 3.8) is 0 Å². The number of nitrogens with zero attached hydrogens (tertiary/aromatic N) is 1. The summed E-state index contributed by atoms with van der Waals surface area (Å²) in [5.41, 5.74) is 3.71. The van der Waals surface area contributed by atoms with Crippen LogP contribution in [0.4, 0.5) is 0 Å². The van der Waals surface area contributed by atoms with Crippen LogP contribution in [-0.4, -0.2) is 38.7 Å². The number of para-hydroxylation sites is 1. The molecule has 0 aliphatic carbocycles. The molecule has 1 N–H and O–H groups in total. The number of benzene rings is 2. The van der Waals surface area contributed by atoms with Crippen LogP contribution in [0.5, 0.6) is 5.75 Å².